The van der Waals surface area contributed by atoms with Crippen molar-refractivity contribution in [2.24, 2.45) is 0 Å². The van der Waals surface area contributed by atoms with Crippen LogP contribution in [0, 0.1) is 0 Å². The average molecular weight is 477 g/mol. The van der Waals surface area contributed by atoms with Crippen molar-refractivity contribution in [1.29, 1.82) is 0 Å². The first-order chi connectivity index (χ1) is 12.6. The van der Waals surface area contributed by atoms with Crippen LogP contribution in [0.5, 0.6) is 0 Å². The Bertz CT molecular complexity index is 830. The largest absolute Gasteiger partial charge is 0.445 e. The summed E-state index contributed by atoms with van der Waals surface area (Å²) < 4.78 is 7.68. The van der Waals surface area contributed by atoms with Gasteiger partial charge in [-0.25, -0.2) is 4.79 Å². The fourth-order valence-corrected chi connectivity index (χ4v) is 5.16. The van der Waals surface area contributed by atoms with Crippen molar-refractivity contribution in [1.82, 2.24) is 4.90 Å². The van der Waals surface area contributed by atoms with Gasteiger partial charge in [0.25, 0.3) is 0 Å². The third kappa shape index (κ3) is 3.74. The Hall–Kier alpha value is -1.59. The summed E-state index contributed by atoms with van der Waals surface area (Å²) in [4.78, 5) is 14.6. The number of carbonyl (C=O) groups is 1. The van der Waals surface area contributed by atoms with Crippen molar-refractivity contribution in [2.75, 3.05) is 0 Å². The van der Waals surface area contributed by atoms with Gasteiger partial charge in [-0.05, 0) is 54.2 Å². The lowest BCUT2D eigenvalue weighted by atomic mass is 9.95. The van der Waals surface area contributed by atoms with Crippen LogP contribution in [0.15, 0.2) is 63.6 Å². The number of benzene rings is 2. The Morgan fingerprint density at radius 2 is 1.81 bits per heavy atom. The molecule has 1 amide bonds. The van der Waals surface area contributed by atoms with E-state index in [0.717, 1.165) is 33.8 Å². The summed E-state index contributed by atoms with van der Waals surface area (Å²) >= 11 is 7.12. The molecule has 1 fully saturated rings. The molecule has 0 aliphatic carbocycles. The second-order valence-electron chi connectivity index (χ2n) is 6.80. The van der Waals surface area contributed by atoms with Gasteiger partial charge in [0.05, 0.1) is 6.04 Å². The van der Waals surface area contributed by atoms with Crippen LogP contribution in [0.25, 0.3) is 5.57 Å². The number of ether oxygens (including phenoxy) is 1. The standard InChI is InChI=1S/C21H19Br2NO2/c22-17-8-15(9-18(23)12-17)16-10-19-6-7-20(11-16)24(19)21(25)26-13-14-4-2-1-3-5-14/h1-5,8-10,12,19-20H,6-7,11,13H2. The summed E-state index contributed by atoms with van der Waals surface area (Å²) in [5, 5.41) is 0. The summed E-state index contributed by atoms with van der Waals surface area (Å²) in [5.41, 5.74) is 3.53. The van der Waals surface area contributed by atoms with Gasteiger partial charge < -0.3 is 4.74 Å². The van der Waals surface area contributed by atoms with E-state index in [9.17, 15) is 4.79 Å². The van der Waals surface area contributed by atoms with E-state index < -0.39 is 0 Å². The van der Waals surface area contributed by atoms with Gasteiger partial charge in [-0.2, -0.15) is 0 Å². The molecule has 0 aromatic heterocycles. The van der Waals surface area contributed by atoms with Crippen molar-refractivity contribution in [3.8, 4) is 0 Å². The smallest absolute Gasteiger partial charge is 0.410 e. The van der Waals surface area contributed by atoms with E-state index in [2.05, 4.69) is 50.1 Å². The monoisotopic (exact) mass is 475 g/mol. The molecule has 3 nitrogen and oxygen atoms in total. The first-order valence-electron chi connectivity index (χ1n) is 8.76. The van der Waals surface area contributed by atoms with Crippen LogP contribution < -0.4 is 0 Å². The zero-order chi connectivity index (χ0) is 18.1. The average Bonchev–Trinajstić information content (AvgIpc) is 2.89. The normalized spacial score (nSPS) is 21.5. The predicted molar refractivity (Wildman–Crippen MR) is 110 cm³/mol. The van der Waals surface area contributed by atoms with Gasteiger partial charge in [0.2, 0.25) is 0 Å². The molecule has 134 valence electrons. The molecule has 2 aromatic carbocycles. The van der Waals surface area contributed by atoms with E-state index in [0.29, 0.717) is 6.61 Å². The van der Waals surface area contributed by atoms with Gasteiger partial charge in [0, 0.05) is 15.0 Å². The van der Waals surface area contributed by atoms with E-state index in [1.807, 2.05) is 41.3 Å². The van der Waals surface area contributed by atoms with Gasteiger partial charge in [0.1, 0.15) is 6.61 Å². The second-order valence-corrected chi connectivity index (χ2v) is 8.63. The lowest BCUT2D eigenvalue weighted by molar-refractivity contribution is 0.0832. The molecule has 1 saturated heterocycles. The Morgan fingerprint density at radius 3 is 2.50 bits per heavy atom. The minimum atomic E-state index is -0.202. The molecule has 0 saturated carbocycles. The number of carbonyl (C=O) groups excluding carboxylic acids is 1. The maximum absolute atomic E-state index is 12.6. The van der Waals surface area contributed by atoms with Crippen LogP contribution in [0.3, 0.4) is 0 Å². The second kappa shape index (κ2) is 7.57. The molecule has 2 aliphatic rings. The lowest BCUT2D eigenvalue weighted by Crippen LogP contribution is -2.43. The third-order valence-electron chi connectivity index (χ3n) is 5.04. The minimum absolute atomic E-state index is 0.129. The van der Waals surface area contributed by atoms with E-state index in [1.54, 1.807) is 0 Å². The number of halogens is 2. The lowest BCUT2D eigenvalue weighted by Gasteiger charge is -2.33. The molecule has 2 atom stereocenters. The van der Waals surface area contributed by atoms with Gasteiger partial charge >= 0.3 is 6.09 Å². The Kier molecular flexibility index (Phi) is 5.18. The molecule has 0 spiro atoms. The molecule has 5 heteroatoms. The zero-order valence-corrected chi connectivity index (χ0v) is 17.4. The molecule has 0 N–H and O–H groups in total. The molecule has 2 aliphatic heterocycles. The number of fused-ring (bicyclic) bond motifs is 2. The van der Waals surface area contributed by atoms with Crippen LogP contribution >= 0.6 is 31.9 Å². The van der Waals surface area contributed by atoms with Crippen molar-refractivity contribution in [3.05, 3.63) is 74.7 Å². The maximum atomic E-state index is 12.6. The highest BCUT2D eigenvalue weighted by atomic mass is 79.9. The molecular formula is C21H19Br2NO2. The highest BCUT2D eigenvalue weighted by Crippen LogP contribution is 2.40. The Labute approximate surface area is 170 Å². The molecule has 2 heterocycles. The van der Waals surface area contributed by atoms with Crippen LogP contribution in [0.2, 0.25) is 0 Å². The molecule has 2 aromatic rings. The van der Waals surface area contributed by atoms with Gasteiger partial charge in [-0.15, -0.1) is 0 Å². The van der Waals surface area contributed by atoms with Gasteiger partial charge in [-0.3, -0.25) is 4.90 Å². The number of amides is 1. The van der Waals surface area contributed by atoms with Crippen LogP contribution in [0.4, 0.5) is 4.79 Å². The van der Waals surface area contributed by atoms with Crippen molar-refractivity contribution in [2.45, 2.75) is 38.0 Å². The molecule has 2 bridgehead atoms. The molecule has 26 heavy (non-hydrogen) atoms. The number of hydrogen-bond acceptors (Lipinski definition) is 2. The van der Waals surface area contributed by atoms with Gasteiger partial charge in [0.15, 0.2) is 0 Å². The van der Waals surface area contributed by atoms with Crippen molar-refractivity contribution >= 4 is 43.5 Å². The van der Waals surface area contributed by atoms with Crippen LogP contribution in [0.1, 0.15) is 30.4 Å². The summed E-state index contributed by atoms with van der Waals surface area (Å²) in [6.45, 7) is 0.324. The molecule has 0 radical (unpaired) electrons. The number of rotatable bonds is 3. The first-order valence-corrected chi connectivity index (χ1v) is 10.3. The SMILES string of the molecule is O=C(OCc1ccccc1)N1C2C=C(c3cc(Br)cc(Br)c3)CC1CC2. The predicted octanol–water partition coefficient (Wildman–Crippen LogP) is 6.17. The summed E-state index contributed by atoms with van der Waals surface area (Å²) in [6, 6.07) is 16.5. The van der Waals surface area contributed by atoms with Crippen LogP contribution in [-0.4, -0.2) is 23.1 Å². The quantitative estimate of drug-likeness (QED) is 0.530. The fourth-order valence-electron chi connectivity index (χ4n) is 3.86. The van der Waals surface area contributed by atoms with E-state index in [1.165, 1.54) is 11.1 Å². The van der Waals surface area contributed by atoms with E-state index in [-0.39, 0.29) is 18.2 Å². The highest BCUT2D eigenvalue weighted by molar-refractivity contribution is 9.11. The summed E-state index contributed by atoms with van der Waals surface area (Å²) in [6.07, 6.45) is 4.94. The first kappa shape index (κ1) is 17.8. The van der Waals surface area contributed by atoms with Crippen molar-refractivity contribution < 1.29 is 9.53 Å². The third-order valence-corrected chi connectivity index (χ3v) is 5.96. The minimum Gasteiger partial charge on any atom is -0.445 e. The zero-order valence-electron chi connectivity index (χ0n) is 14.2. The molecule has 4 rings (SSSR count). The maximum Gasteiger partial charge on any atom is 0.410 e. The van der Waals surface area contributed by atoms with Crippen molar-refractivity contribution in [3.63, 3.8) is 0 Å². The van der Waals surface area contributed by atoms with E-state index in [4.69, 9.17) is 4.74 Å². The number of nitrogens with zero attached hydrogens (tertiary/aromatic N) is 1. The highest BCUT2D eigenvalue weighted by Gasteiger charge is 2.40. The Morgan fingerprint density at radius 1 is 1.08 bits per heavy atom. The summed E-state index contributed by atoms with van der Waals surface area (Å²) in [5.74, 6) is 0. The fraction of sp³-hybridized carbons (Fsp3) is 0.286. The Balaban J connectivity index is 1.48. The van der Waals surface area contributed by atoms with Gasteiger partial charge in [-0.1, -0.05) is 68.3 Å². The van der Waals surface area contributed by atoms with E-state index >= 15 is 0 Å². The number of hydrogen-bond donors (Lipinski definition) is 0. The molecule has 2 unspecified atom stereocenters. The topological polar surface area (TPSA) is 29.5 Å². The van der Waals surface area contributed by atoms with Crippen LogP contribution in [-0.2, 0) is 11.3 Å². The molecular weight excluding hydrogens is 458 g/mol. The summed E-state index contributed by atoms with van der Waals surface area (Å²) in [7, 11) is 0.